The molecular formula is C23H22N2O4. The van der Waals surface area contributed by atoms with Gasteiger partial charge in [0.15, 0.2) is 13.2 Å². The van der Waals surface area contributed by atoms with Crippen molar-refractivity contribution in [2.45, 2.75) is 6.92 Å². The van der Waals surface area contributed by atoms with Crippen LogP contribution >= 0.6 is 0 Å². The van der Waals surface area contributed by atoms with Crippen LogP contribution in [0.4, 0.5) is 11.4 Å². The highest BCUT2D eigenvalue weighted by Gasteiger charge is 2.11. The van der Waals surface area contributed by atoms with Crippen molar-refractivity contribution in [3.8, 4) is 11.5 Å². The molecule has 0 saturated carbocycles. The molecule has 6 nitrogen and oxygen atoms in total. The number of anilines is 2. The number of para-hydroxylation sites is 2. The van der Waals surface area contributed by atoms with Gasteiger partial charge in [0, 0.05) is 0 Å². The van der Waals surface area contributed by atoms with E-state index in [0.29, 0.717) is 22.9 Å². The molecule has 148 valence electrons. The molecular weight excluding hydrogens is 368 g/mol. The van der Waals surface area contributed by atoms with Crippen LogP contribution in [0.1, 0.15) is 5.56 Å². The summed E-state index contributed by atoms with van der Waals surface area (Å²) in [5.41, 5.74) is 1.94. The zero-order valence-electron chi connectivity index (χ0n) is 16.1. The zero-order valence-corrected chi connectivity index (χ0v) is 16.1. The molecule has 29 heavy (non-hydrogen) atoms. The van der Waals surface area contributed by atoms with Crippen molar-refractivity contribution >= 4 is 23.2 Å². The minimum Gasteiger partial charge on any atom is -0.484 e. The normalized spacial score (nSPS) is 10.1. The van der Waals surface area contributed by atoms with Crippen molar-refractivity contribution in [1.29, 1.82) is 0 Å². The Morgan fingerprint density at radius 2 is 1.17 bits per heavy atom. The number of amides is 2. The Balaban J connectivity index is 1.58. The van der Waals surface area contributed by atoms with E-state index >= 15 is 0 Å². The highest BCUT2D eigenvalue weighted by atomic mass is 16.5. The highest BCUT2D eigenvalue weighted by molar-refractivity contribution is 6.00. The van der Waals surface area contributed by atoms with Gasteiger partial charge in [-0.2, -0.15) is 0 Å². The van der Waals surface area contributed by atoms with Crippen molar-refractivity contribution in [3.63, 3.8) is 0 Å². The molecule has 0 atom stereocenters. The molecule has 3 aromatic carbocycles. The van der Waals surface area contributed by atoms with Gasteiger partial charge in [-0.05, 0) is 48.9 Å². The Morgan fingerprint density at radius 1 is 0.690 bits per heavy atom. The van der Waals surface area contributed by atoms with E-state index in [1.54, 1.807) is 36.4 Å². The van der Waals surface area contributed by atoms with Crippen LogP contribution in [0, 0.1) is 6.92 Å². The van der Waals surface area contributed by atoms with E-state index in [-0.39, 0.29) is 25.0 Å². The number of hydrogen-bond acceptors (Lipinski definition) is 4. The number of nitrogens with one attached hydrogen (secondary N) is 2. The molecule has 0 radical (unpaired) electrons. The smallest absolute Gasteiger partial charge is 0.262 e. The Kier molecular flexibility index (Phi) is 6.84. The molecule has 3 rings (SSSR count). The lowest BCUT2D eigenvalue weighted by atomic mass is 10.2. The molecule has 0 aromatic heterocycles. The largest absolute Gasteiger partial charge is 0.484 e. The fraction of sp³-hybridized carbons (Fsp3) is 0.130. The van der Waals surface area contributed by atoms with Gasteiger partial charge in [0.2, 0.25) is 0 Å². The maximum Gasteiger partial charge on any atom is 0.262 e. The first-order valence-electron chi connectivity index (χ1n) is 9.16. The van der Waals surface area contributed by atoms with Crippen molar-refractivity contribution in [1.82, 2.24) is 0 Å². The van der Waals surface area contributed by atoms with Crippen molar-refractivity contribution in [2.75, 3.05) is 23.8 Å². The molecule has 0 aliphatic heterocycles. The third kappa shape index (κ3) is 6.39. The van der Waals surface area contributed by atoms with Gasteiger partial charge in [-0.15, -0.1) is 0 Å². The van der Waals surface area contributed by atoms with Crippen molar-refractivity contribution < 1.29 is 19.1 Å². The second-order valence-electron chi connectivity index (χ2n) is 6.35. The molecule has 0 bridgehead atoms. The van der Waals surface area contributed by atoms with Crippen LogP contribution in [0.3, 0.4) is 0 Å². The van der Waals surface area contributed by atoms with Crippen molar-refractivity contribution in [2.24, 2.45) is 0 Å². The average molecular weight is 390 g/mol. The maximum absolute atomic E-state index is 12.3. The topological polar surface area (TPSA) is 76.7 Å². The number of rotatable bonds is 8. The Bertz CT molecular complexity index is 959. The summed E-state index contributed by atoms with van der Waals surface area (Å²) in [6.45, 7) is 1.63. The summed E-state index contributed by atoms with van der Waals surface area (Å²) in [7, 11) is 0. The van der Waals surface area contributed by atoms with E-state index < -0.39 is 0 Å². The Hall–Kier alpha value is -3.80. The lowest BCUT2D eigenvalue weighted by molar-refractivity contribution is -0.119. The average Bonchev–Trinajstić information content (AvgIpc) is 2.74. The van der Waals surface area contributed by atoms with Crippen LogP contribution in [0.25, 0.3) is 0 Å². The van der Waals surface area contributed by atoms with E-state index in [2.05, 4.69) is 10.6 Å². The lowest BCUT2D eigenvalue weighted by Crippen LogP contribution is -2.23. The van der Waals surface area contributed by atoms with Gasteiger partial charge in [-0.3, -0.25) is 9.59 Å². The quantitative estimate of drug-likeness (QED) is 0.609. The molecule has 0 fully saturated rings. The first-order chi connectivity index (χ1) is 14.1. The van der Waals surface area contributed by atoms with E-state index in [4.69, 9.17) is 9.47 Å². The molecule has 0 spiro atoms. The molecule has 2 amide bonds. The first-order valence-corrected chi connectivity index (χ1v) is 9.16. The minimum absolute atomic E-state index is 0.136. The summed E-state index contributed by atoms with van der Waals surface area (Å²) in [5, 5.41) is 5.55. The van der Waals surface area contributed by atoms with Gasteiger partial charge < -0.3 is 20.1 Å². The monoisotopic (exact) mass is 390 g/mol. The van der Waals surface area contributed by atoms with Crippen LogP contribution in [-0.4, -0.2) is 25.0 Å². The van der Waals surface area contributed by atoms with Gasteiger partial charge in [0.25, 0.3) is 11.8 Å². The van der Waals surface area contributed by atoms with Crippen LogP contribution in [0.5, 0.6) is 11.5 Å². The van der Waals surface area contributed by atoms with Gasteiger partial charge in [0.05, 0.1) is 11.4 Å². The Morgan fingerprint density at radius 3 is 1.69 bits per heavy atom. The molecule has 0 aliphatic carbocycles. The zero-order chi connectivity index (χ0) is 20.5. The molecule has 0 aliphatic rings. The fourth-order valence-corrected chi connectivity index (χ4v) is 2.57. The summed E-state index contributed by atoms with van der Waals surface area (Å²) in [4.78, 5) is 24.5. The van der Waals surface area contributed by atoms with Crippen LogP contribution in [-0.2, 0) is 9.59 Å². The van der Waals surface area contributed by atoms with E-state index in [9.17, 15) is 9.59 Å². The third-order valence-electron chi connectivity index (χ3n) is 3.95. The maximum atomic E-state index is 12.3. The highest BCUT2D eigenvalue weighted by Crippen LogP contribution is 2.23. The van der Waals surface area contributed by atoms with Gasteiger partial charge in [-0.1, -0.05) is 42.5 Å². The lowest BCUT2D eigenvalue weighted by Gasteiger charge is -2.14. The number of aryl methyl sites for hydroxylation is 1. The predicted octanol–water partition coefficient (Wildman–Crippen LogP) is 4.03. The second-order valence-corrected chi connectivity index (χ2v) is 6.35. The van der Waals surface area contributed by atoms with Crippen LogP contribution < -0.4 is 20.1 Å². The molecule has 3 aromatic rings. The first kappa shape index (κ1) is 19.9. The van der Waals surface area contributed by atoms with Crippen molar-refractivity contribution in [3.05, 3.63) is 84.4 Å². The van der Waals surface area contributed by atoms with Gasteiger partial charge >= 0.3 is 0 Å². The number of benzene rings is 3. The minimum atomic E-state index is -0.325. The van der Waals surface area contributed by atoms with Gasteiger partial charge in [-0.25, -0.2) is 0 Å². The van der Waals surface area contributed by atoms with Crippen LogP contribution in [0.15, 0.2) is 78.9 Å². The third-order valence-corrected chi connectivity index (χ3v) is 3.95. The SMILES string of the molecule is Cc1ccc(NC(=O)COc2ccccc2)c(NC(=O)COc2ccccc2)c1. The second kappa shape index (κ2) is 9.94. The summed E-state index contributed by atoms with van der Waals surface area (Å²) in [5.74, 6) is 0.570. The standard InChI is InChI=1S/C23H22N2O4/c1-17-12-13-20(24-22(26)15-28-18-8-4-2-5-9-18)21(14-17)25-23(27)16-29-19-10-6-3-7-11-19/h2-14H,15-16H2,1H3,(H,24,26)(H,25,27). The van der Waals surface area contributed by atoms with Crippen LogP contribution in [0.2, 0.25) is 0 Å². The summed E-state index contributed by atoms with van der Waals surface area (Å²) < 4.78 is 10.9. The van der Waals surface area contributed by atoms with Gasteiger partial charge in [0.1, 0.15) is 11.5 Å². The molecule has 0 saturated heterocycles. The van der Waals surface area contributed by atoms with E-state index in [1.165, 1.54) is 0 Å². The van der Waals surface area contributed by atoms with E-state index in [0.717, 1.165) is 5.56 Å². The number of carbonyl (C=O) groups is 2. The number of ether oxygens (including phenoxy) is 2. The Labute approximate surface area is 169 Å². The summed E-state index contributed by atoms with van der Waals surface area (Å²) >= 11 is 0. The molecule has 6 heteroatoms. The summed E-state index contributed by atoms with van der Waals surface area (Å²) in [6.07, 6.45) is 0. The number of hydrogen-bond donors (Lipinski definition) is 2. The van der Waals surface area contributed by atoms with E-state index in [1.807, 2.05) is 49.4 Å². The number of carbonyl (C=O) groups excluding carboxylic acids is 2. The molecule has 0 unspecified atom stereocenters. The fourth-order valence-electron chi connectivity index (χ4n) is 2.57. The summed E-state index contributed by atoms with van der Waals surface area (Å²) in [6, 6.07) is 23.5. The molecule has 0 heterocycles. The molecule has 2 N–H and O–H groups in total. The predicted molar refractivity (Wildman–Crippen MR) is 112 cm³/mol.